The van der Waals surface area contributed by atoms with Crippen LogP contribution in [0.5, 0.6) is 0 Å². The molecule has 1 heterocycles. The number of anilines is 1. The van der Waals surface area contributed by atoms with Crippen molar-refractivity contribution in [2.75, 3.05) is 43.5 Å². The smallest absolute Gasteiger partial charge is 0.251 e. The Morgan fingerprint density at radius 3 is 2.50 bits per heavy atom. The highest BCUT2D eigenvalue weighted by atomic mass is 32.2. The Morgan fingerprint density at radius 1 is 1.14 bits per heavy atom. The lowest BCUT2D eigenvalue weighted by atomic mass is 10.0. The molecule has 0 unspecified atom stereocenters. The van der Waals surface area contributed by atoms with Crippen LogP contribution in [-0.4, -0.2) is 52.9 Å². The van der Waals surface area contributed by atoms with Crippen molar-refractivity contribution in [1.29, 1.82) is 0 Å². The summed E-state index contributed by atoms with van der Waals surface area (Å²) >= 11 is 0. The van der Waals surface area contributed by atoms with Crippen LogP contribution in [0.25, 0.3) is 0 Å². The fourth-order valence-electron chi connectivity index (χ4n) is 3.17. The van der Waals surface area contributed by atoms with Crippen LogP contribution < -0.4 is 10.2 Å². The number of benzene rings is 2. The van der Waals surface area contributed by atoms with Crippen molar-refractivity contribution in [3.63, 3.8) is 0 Å². The van der Waals surface area contributed by atoms with Crippen LogP contribution in [0.15, 0.2) is 47.4 Å². The van der Waals surface area contributed by atoms with Gasteiger partial charge < -0.3 is 15.0 Å². The third-order valence-corrected chi connectivity index (χ3v) is 6.46. The zero-order valence-corrected chi connectivity index (χ0v) is 16.5. The van der Waals surface area contributed by atoms with Gasteiger partial charge in [-0.3, -0.25) is 4.79 Å². The maximum atomic E-state index is 13.0. The van der Waals surface area contributed by atoms with Gasteiger partial charge in [0.1, 0.15) is 5.82 Å². The number of morpholine rings is 1. The molecule has 1 aliphatic rings. The van der Waals surface area contributed by atoms with Gasteiger partial charge in [-0.2, -0.15) is 0 Å². The van der Waals surface area contributed by atoms with Gasteiger partial charge in [0.25, 0.3) is 5.91 Å². The van der Waals surface area contributed by atoms with E-state index in [1.807, 2.05) is 19.1 Å². The maximum absolute atomic E-state index is 13.0. The van der Waals surface area contributed by atoms with Gasteiger partial charge in [0.05, 0.1) is 23.9 Å². The van der Waals surface area contributed by atoms with Crippen molar-refractivity contribution in [2.45, 2.75) is 11.8 Å². The molecule has 1 amide bonds. The number of nitrogens with zero attached hydrogens (tertiary/aromatic N) is 1. The molecule has 0 spiro atoms. The largest absolute Gasteiger partial charge is 0.378 e. The van der Waals surface area contributed by atoms with Crippen molar-refractivity contribution < 1.29 is 22.3 Å². The highest BCUT2D eigenvalue weighted by Crippen LogP contribution is 2.24. The minimum Gasteiger partial charge on any atom is -0.378 e. The first-order chi connectivity index (χ1) is 13.4. The molecule has 1 fully saturated rings. The third kappa shape index (κ3) is 4.69. The summed E-state index contributed by atoms with van der Waals surface area (Å²) in [6.07, 6.45) is 0. The van der Waals surface area contributed by atoms with Gasteiger partial charge in [0.15, 0.2) is 9.84 Å². The van der Waals surface area contributed by atoms with Gasteiger partial charge >= 0.3 is 0 Å². The molecule has 1 aliphatic heterocycles. The Bertz CT molecular complexity index is 939. The van der Waals surface area contributed by atoms with E-state index in [0.29, 0.717) is 18.8 Å². The first kappa shape index (κ1) is 20.3. The number of nitrogens with one attached hydrogen (secondary N) is 1. The second-order valence-corrected chi connectivity index (χ2v) is 8.69. The Hall–Kier alpha value is -2.45. The minimum absolute atomic E-state index is 0.0280. The van der Waals surface area contributed by atoms with Crippen LogP contribution in [-0.2, 0) is 14.6 Å². The van der Waals surface area contributed by atoms with Crippen molar-refractivity contribution >= 4 is 21.4 Å². The lowest BCUT2D eigenvalue weighted by molar-refractivity contribution is 0.0955. The summed E-state index contributed by atoms with van der Waals surface area (Å²) in [5, 5.41) is 2.67. The predicted molar refractivity (Wildman–Crippen MR) is 105 cm³/mol. The van der Waals surface area contributed by atoms with E-state index in [4.69, 9.17) is 4.74 Å². The standard InChI is InChI=1S/C20H23FN2O4S/c1-15-18(3-2-4-19(15)23-10-12-27-13-11-23)20(24)22-9-14-28(25,26)17-7-5-16(21)6-8-17/h2-8H,9-14H2,1H3,(H,22,24). The zero-order chi connectivity index (χ0) is 20.1. The van der Waals surface area contributed by atoms with E-state index in [1.54, 1.807) is 6.07 Å². The highest BCUT2D eigenvalue weighted by molar-refractivity contribution is 7.91. The van der Waals surface area contributed by atoms with Gasteiger partial charge in [-0.25, -0.2) is 12.8 Å². The van der Waals surface area contributed by atoms with Crippen LogP contribution in [0.2, 0.25) is 0 Å². The molecule has 1 saturated heterocycles. The number of carbonyl (C=O) groups excluding carboxylic acids is 1. The summed E-state index contributed by atoms with van der Waals surface area (Å²) in [5.41, 5.74) is 2.35. The first-order valence-electron chi connectivity index (χ1n) is 9.07. The van der Waals surface area contributed by atoms with E-state index in [-0.39, 0.29) is 23.1 Å². The van der Waals surface area contributed by atoms with Crippen molar-refractivity contribution in [1.82, 2.24) is 5.32 Å². The Kier molecular flexibility index (Phi) is 6.31. The number of hydrogen-bond acceptors (Lipinski definition) is 5. The number of sulfone groups is 1. The molecule has 0 aromatic heterocycles. The molecule has 2 aromatic rings. The van der Waals surface area contributed by atoms with Crippen LogP contribution in [0.4, 0.5) is 10.1 Å². The Morgan fingerprint density at radius 2 is 1.82 bits per heavy atom. The number of amides is 1. The molecule has 3 rings (SSSR count). The average Bonchev–Trinajstić information content (AvgIpc) is 2.69. The monoisotopic (exact) mass is 406 g/mol. The van der Waals surface area contributed by atoms with E-state index in [1.165, 1.54) is 12.1 Å². The van der Waals surface area contributed by atoms with Crippen molar-refractivity contribution in [2.24, 2.45) is 0 Å². The van der Waals surface area contributed by atoms with Crippen LogP contribution in [0.3, 0.4) is 0 Å². The van der Waals surface area contributed by atoms with Crippen molar-refractivity contribution in [3.8, 4) is 0 Å². The van der Waals surface area contributed by atoms with Crippen LogP contribution in [0.1, 0.15) is 15.9 Å². The first-order valence-corrected chi connectivity index (χ1v) is 10.7. The predicted octanol–water partition coefficient (Wildman–Crippen LogP) is 2.17. The van der Waals surface area contributed by atoms with E-state index in [9.17, 15) is 17.6 Å². The number of rotatable bonds is 6. The summed E-state index contributed by atoms with van der Waals surface area (Å²) in [6.45, 7) is 4.69. The van der Waals surface area contributed by atoms with Crippen molar-refractivity contribution in [3.05, 3.63) is 59.4 Å². The zero-order valence-electron chi connectivity index (χ0n) is 15.7. The average molecular weight is 406 g/mol. The third-order valence-electron chi connectivity index (χ3n) is 4.73. The molecule has 2 aromatic carbocycles. The molecule has 6 nitrogen and oxygen atoms in total. The van der Waals surface area contributed by atoms with E-state index in [2.05, 4.69) is 10.2 Å². The fraction of sp³-hybridized carbons (Fsp3) is 0.350. The van der Waals surface area contributed by atoms with E-state index in [0.717, 1.165) is 36.5 Å². The summed E-state index contributed by atoms with van der Waals surface area (Å²) in [7, 11) is -3.59. The summed E-state index contributed by atoms with van der Waals surface area (Å²) in [5.74, 6) is -1.07. The van der Waals surface area contributed by atoms with Gasteiger partial charge in [-0.1, -0.05) is 6.07 Å². The molecule has 150 valence electrons. The second-order valence-electron chi connectivity index (χ2n) is 6.58. The summed E-state index contributed by atoms with van der Waals surface area (Å²) in [4.78, 5) is 14.8. The normalized spacial score (nSPS) is 14.7. The van der Waals surface area contributed by atoms with Gasteiger partial charge in [-0.05, 0) is 48.9 Å². The lowest BCUT2D eigenvalue weighted by Crippen LogP contribution is -2.37. The van der Waals surface area contributed by atoms with Gasteiger partial charge in [0, 0.05) is 30.9 Å². The summed E-state index contributed by atoms with van der Waals surface area (Å²) < 4.78 is 42.9. The van der Waals surface area contributed by atoms with E-state index < -0.39 is 15.7 Å². The highest BCUT2D eigenvalue weighted by Gasteiger charge is 2.19. The molecule has 0 radical (unpaired) electrons. The Balaban J connectivity index is 1.64. The fourth-order valence-corrected chi connectivity index (χ4v) is 4.33. The number of ether oxygens (including phenoxy) is 1. The number of halogens is 1. The minimum atomic E-state index is -3.59. The van der Waals surface area contributed by atoms with Crippen LogP contribution >= 0.6 is 0 Å². The van der Waals surface area contributed by atoms with Gasteiger partial charge in [-0.15, -0.1) is 0 Å². The number of carbonyl (C=O) groups is 1. The maximum Gasteiger partial charge on any atom is 0.251 e. The molecular weight excluding hydrogens is 383 g/mol. The van der Waals surface area contributed by atoms with E-state index >= 15 is 0 Å². The summed E-state index contributed by atoms with van der Waals surface area (Å²) in [6, 6.07) is 10.2. The molecule has 0 bridgehead atoms. The second kappa shape index (κ2) is 8.70. The topological polar surface area (TPSA) is 75.7 Å². The molecular formula is C20H23FN2O4S. The molecule has 0 aliphatic carbocycles. The lowest BCUT2D eigenvalue weighted by Gasteiger charge is -2.30. The molecule has 0 saturated carbocycles. The van der Waals surface area contributed by atoms with Crippen LogP contribution in [0, 0.1) is 12.7 Å². The molecule has 0 atom stereocenters. The number of hydrogen-bond donors (Lipinski definition) is 1. The molecule has 8 heteroatoms. The molecule has 1 N–H and O–H groups in total. The SMILES string of the molecule is Cc1c(C(=O)NCCS(=O)(=O)c2ccc(F)cc2)cccc1N1CCOCC1. The quantitative estimate of drug-likeness (QED) is 0.745. The van der Waals surface area contributed by atoms with Gasteiger partial charge in [0.2, 0.25) is 0 Å². The Labute approximate surface area is 164 Å². The molecule has 28 heavy (non-hydrogen) atoms.